The van der Waals surface area contributed by atoms with Crippen LogP contribution in [0, 0.1) is 0 Å². The molecule has 5 heteroatoms. The maximum atomic E-state index is 6.64. The predicted octanol–water partition coefficient (Wildman–Crippen LogP) is 13.2. The van der Waals surface area contributed by atoms with Crippen LogP contribution in [0.25, 0.3) is 0 Å². The second-order valence-corrected chi connectivity index (χ2v) is 14.3. The lowest BCUT2D eigenvalue weighted by molar-refractivity contribution is -0.391. The zero-order chi connectivity index (χ0) is 33.9. The molecule has 0 atom stereocenters. The minimum Gasteiger partial charge on any atom is -0.348 e. The highest BCUT2D eigenvalue weighted by atomic mass is 16.8. The number of ether oxygens (including phenoxy) is 4. The SMILES string of the molecule is CCCCCCCCCCCCCCCCCCOC(N)(OCCCCCCCCCCCCCCCCCC)C(C)(OC)OC. The quantitative estimate of drug-likeness (QED) is 0.0527. The highest BCUT2D eigenvalue weighted by Gasteiger charge is 2.49. The molecule has 0 aromatic rings. The number of unbranched alkanes of at least 4 members (excludes halogenated alkanes) is 30. The Labute approximate surface area is 289 Å². The molecule has 0 radical (unpaired) electrons. The lowest BCUT2D eigenvalue weighted by atomic mass is 10.0. The molecule has 0 saturated heterocycles. The van der Waals surface area contributed by atoms with E-state index in [1.54, 1.807) is 21.1 Å². The summed E-state index contributed by atoms with van der Waals surface area (Å²) in [6.07, 6.45) is 43.2. The third kappa shape index (κ3) is 26.7. The van der Waals surface area contributed by atoms with E-state index in [0.29, 0.717) is 13.2 Å². The van der Waals surface area contributed by atoms with Crippen LogP contribution >= 0.6 is 0 Å². The van der Waals surface area contributed by atoms with E-state index in [4.69, 9.17) is 24.7 Å². The Morgan fingerprint density at radius 2 is 0.543 bits per heavy atom. The molecule has 46 heavy (non-hydrogen) atoms. The summed E-state index contributed by atoms with van der Waals surface area (Å²) in [5.74, 6) is -2.57. The monoisotopic (exact) mass is 656 g/mol. The molecule has 2 N–H and O–H groups in total. The fraction of sp³-hybridized carbons (Fsp3) is 1.00. The Morgan fingerprint density at radius 1 is 0.348 bits per heavy atom. The summed E-state index contributed by atoms with van der Waals surface area (Å²) >= 11 is 0. The van der Waals surface area contributed by atoms with Crippen molar-refractivity contribution in [3.63, 3.8) is 0 Å². The van der Waals surface area contributed by atoms with E-state index in [1.807, 2.05) is 0 Å². The van der Waals surface area contributed by atoms with Gasteiger partial charge in [-0.05, 0) is 19.8 Å². The maximum absolute atomic E-state index is 6.64. The summed E-state index contributed by atoms with van der Waals surface area (Å²) in [5.41, 5.74) is 6.64. The van der Waals surface area contributed by atoms with Gasteiger partial charge in [0.15, 0.2) is 0 Å². The van der Waals surface area contributed by atoms with E-state index < -0.39 is 11.7 Å². The highest BCUT2D eigenvalue weighted by Crippen LogP contribution is 2.28. The Kier molecular flexibility index (Phi) is 34.5. The van der Waals surface area contributed by atoms with Crippen LogP contribution in [0.15, 0.2) is 0 Å². The molecular weight excluding hydrogens is 570 g/mol. The third-order valence-electron chi connectivity index (χ3n) is 10.0. The van der Waals surface area contributed by atoms with Crippen molar-refractivity contribution in [2.24, 2.45) is 5.73 Å². The molecule has 0 aliphatic carbocycles. The van der Waals surface area contributed by atoms with Crippen LogP contribution in [0.1, 0.15) is 226 Å². The summed E-state index contributed by atoms with van der Waals surface area (Å²) in [7, 11) is 3.20. The Hall–Kier alpha value is -0.200. The molecule has 0 aromatic carbocycles. The minimum absolute atomic E-state index is 0.552. The second kappa shape index (κ2) is 34.7. The van der Waals surface area contributed by atoms with Gasteiger partial charge in [0, 0.05) is 14.2 Å². The van der Waals surface area contributed by atoms with Gasteiger partial charge in [-0.1, -0.05) is 206 Å². The number of nitrogens with two attached hydrogens (primary N) is 1. The lowest BCUT2D eigenvalue weighted by Crippen LogP contribution is -2.64. The maximum Gasteiger partial charge on any atom is 0.281 e. The van der Waals surface area contributed by atoms with Crippen molar-refractivity contribution in [1.29, 1.82) is 0 Å². The van der Waals surface area contributed by atoms with E-state index in [9.17, 15) is 0 Å². The van der Waals surface area contributed by atoms with Crippen molar-refractivity contribution in [1.82, 2.24) is 0 Å². The van der Waals surface area contributed by atoms with Crippen molar-refractivity contribution in [2.45, 2.75) is 238 Å². The third-order valence-corrected chi connectivity index (χ3v) is 10.0. The summed E-state index contributed by atoms with van der Waals surface area (Å²) in [4.78, 5) is 0. The molecule has 0 rings (SSSR count). The number of hydrogen-bond donors (Lipinski definition) is 1. The fourth-order valence-corrected chi connectivity index (χ4v) is 6.42. The zero-order valence-electron chi connectivity index (χ0n) is 32.3. The molecule has 0 amide bonds. The minimum atomic E-state index is -1.42. The smallest absolute Gasteiger partial charge is 0.281 e. The average molecular weight is 656 g/mol. The van der Waals surface area contributed by atoms with Crippen molar-refractivity contribution >= 4 is 0 Å². The number of methoxy groups -OCH3 is 2. The fourth-order valence-electron chi connectivity index (χ4n) is 6.42. The number of rotatable bonds is 39. The molecule has 0 spiro atoms. The molecule has 0 heterocycles. The summed E-state index contributed by atoms with van der Waals surface area (Å²) in [6, 6.07) is 0. The van der Waals surface area contributed by atoms with Gasteiger partial charge in [0.1, 0.15) is 0 Å². The van der Waals surface area contributed by atoms with Crippen LogP contribution in [-0.4, -0.2) is 39.1 Å². The lowest BCUT2D eigenvalue weighted by Gasteiger charge is -2.42. The first-order valence-corrected chi connectivity index (χ1v) is 20.7. The normalized spacial score (nSPS) is 12.4. The van der Waals surface area contributed by atoms with Gasteiger partial charge in [0.25, 0.3) is 5.91 Å². The van der Waals surface area contributed by atoms with Gasteiger partial charge >= 0.3 is 0 Å². The van der Waals surface area contributed by atoms with Gasteiger partial charge < -0.3 is 18.9 Å². The first kappa shape index (κ1) is 45.8. The standard InChI is InChI=1S/C41H85NO4/c1-6-8-10-12-14-16-18-20-22-24-26-28-30-32-34-36-38-45-41(42,40(3,43-4)44-5)46-39-37-35-33-31-29-27-25-23-21-19-17-15-13-11-9-7-2/h6-39,42H2,1-5H3. The van der Waals surface area contributed by atoms with E-state index >= 15 is 0 Å². The van der Waals surface area contributed by atoms with Gasteiger partial charge in [-0.3, -0.25) is 5.73 Å². The Bertz CT molecular complexity index is 545. The van der Waals surface area contributed by atoms with Crippen LogP contribution < -0.4 is 5.73 Å². The van der Waals surface area contributed by atoms with Gasteiger partial charge in [-0.25, -0.2) is 0 Å². The van der Waals surface area contributed by atoms with Crippen LogP contribution in [0.3, 0.4) is 0 Å². The predicted molar refractivity (Wildman–Crippen MR) is 200 cm³/mol. The van der Waals surface area contributed by atoms with Crippen molar-refractivity contribution in [3.8, 4) is 0 Å². The number of hydrogen-bond acceptors (Lipinski definition) is 5. The average Bonchev–Trinajstić information content (AvgIpc) is 3.07. The molecule has 0 unspecified atom stereocenters. The Morgan fingerprint density at radius 3 is 0.739 bits per heavy atom. The van der Waals surface area contributed by atoms with Crippen LogP contribution in [0.5, 0.6) is 0 Å². The molecule has 0 aliphatic heterocycles. The van der Waals surface area contributed by atoms with E-state index in [0.717, 1.165) is 25.7 Å². The van der Waals surface area contributed by atoms with E-state index in [2.05, 4.69) is 13.8 Å². The van der Waals surface area contributed by atoms with Crippen molar-refractivity contribution < 1.29 is 18.9 Å². The zero-order valence-corrected chi connectivity index (χ0v) is 32.3. The van der Waals surface area contributed by atoms with Crippen molar-refractivity contribution in [2.75, 3.05) is 27.4 Å². The largest absolute Gasteiger partial charge is 0.348 e. The molecule has 5 nitrogen and oxygen atoms in total. The molecule has 0 aliphatic rings. The molecule has 0 fully saturated rings. The summed E-state index contributed by atoms with van der Waals surface area (Å²) in [5, 5.41) is 0. The summed E-state index contributed by atoms with van der Waals surface area (Å²) < 4.78 is 23.5. The molecule has 0 aromatic heterocycles. The molecule has 0 saturated carbocycles. The van der Waals surface area contributed by atoms with E-state index in [1.165, 1.54) is 180 Å². The van der Waals surface area contributed by atoms with E-state index in [-0.39, 0.29) is 0 Å². The Balaban J connectivity index is 3.83. The van der Waals surface area contributed by atoms with Crippen LogP contribution in [-0.2, 0) is 18.9 Å². The second-order valence-electron chi connectivity index (χ2n) is 14.3. The topological polar surface area (TPSA) is 62.9 Å². The molecule has 0 bridgehead atoms. The van der Waals surface area contributed by atoms with Gasteiger partial charge in [-0.15, -0.1) is 0 Å². The van der Waals surface area contributed by atoms with Gasteiger partial charge in [0.05, 0.1) is 13.2 Å². The first-order valence-electron chi connectivity index (χ1n) is 20.7. The van der Waals surface area contributed by atoms with Gasteiger partial charge in [0.2, 0.25) is 5.79 Å². The van der Waals surface area contributed by atoms with Gasteiger partial charge in [-0.2, -0.15) is 0 Å². The molecular formula is C41H85NO4. The summed E-state index contributed by atoms with van der Waals surface area (Å²) in [6.45, 7) is 7.49. The molecule has 278 valence electrons. The van der Waals surface area contributed by atoms with Crippen LogP contribution in [0.4, 0.5) is 0 Å². The van der Waals surface area contributed by atoms with Crippen molar-refractivity contribution in [3.05, 3.63) is 0 Å². The highest BCUT2D eigenvalue weighted by molar-refractivity contribution is 4.80. The first-order chi connectivity index (χ1) is 22.5. The van der Waals surface area contributed by atoms with Crippen LogP contribution in [0.2, 0.25) is 0 Å².